The number of rotatable bonds is 6. The number of carbonyl (C=O) groups is 2. The Kier molecular flexibility index (Phi) is 5.59. The summed E-state index contributed by atoms with van der Waals surface area (Å²) in [6.45, 7) is 0.948. The zero-order valence-corrected chi connectivity index (χ0v) is 10.0. The van der Waals surface area contributed by atoms with Crippen molar-refractivity contribution in [3.8, 4) is 0 Å². The van der Waals surface area contributed by atoms with Crippen LogP contribution >= 0.6 is 0 Å². The Morgan fingerprint density at radius 2 is 2.28 bits per heavy atom. The zero-order valence-electron chi connectivity index (χ0n) is 10.0. The molecular weight excluding hydrogens is 238 g/mol. The molecule has 0 aliphatic rings. The Morgan fingerprint density at radius 3 is 2.94 bits per heavy atom. The third kappa shape index (κ3) is 4.38. The van der Waals surface area contributed by atoms with Gasteiger partial charge < -0.3 is 20.5 Å². The van der Waals surface area contributed by atoms with Gasteiger partial charge in [0.25, 0.3) is 0 Å². The van der Waals surface area contributed by atoms with Gasteiger partial charge in [0, 0.05) is 19.3 Å². The molecule has 1 amide bonds. The number of nitrogens with zero attached hydrogens (tertiary/aromatic N) is 1. The average Bonchev–Trinajstić information content (AvgIpc) is 2.37. The molecule has 7 heteroatoms. The van der Waals surface area contributed by atoms with E-state index in [1.54, 1.807) is 18.3 Å². The van der Waals surface area contributed by atoms with Gasteiger partial charge in [-0.2, -0.15) is 0 Å². The maximum atomic E-state index is 11.4. The van der Waals surface area contributed by atoms with E-state index >= 15 is 0 Å². The van der Waals surface area contributed by atoms with Crippen LogP contribution in [0.25, 0.3) is 0 Å². The van der Waals surface area contributed by atoms with E-state index in [4.69, 9.17) is 5.73 Å². The van der Waals surface area contributed by atoms with Crippen molar-refractivity contribution in [3.63, 3.8) is 0 Å². The minimum atomic E-state index is -0.815. The fourth-order valence-corrected chi connectivity index (χ4v) is 1.31. The smallest absolute Gasteiger partial charge is 0.404 e. The molecule has 0 saturated carbocycles. The summed E-state index contributed by atoms with van der Waals surface area (Å²) in [4.78, 5) is 25.8. The molecule has 1 rings (SSSR count). The molecule has 0 aromatic carbocycles. The number of hydrogen-bond donors (Lipinski definition) is 2. The number of hydrogen-bond acceptors (Lipinski definition) is 6. The van der Waals surface area contributed by atoms with Crippen LogP contribution in [-0.2, 0) is 16.0 Å². The number of esters is 1. The lowest BCUT2D eigenvalue weighted by molar-refractivity contribution is 0.0598. The van der Waals surface area contributed by atoms with Crippen LogP contribution < -0.4 is 11.1 Å². The van der Waals surface area contributed by atoms with Crippen LogP contribution in [0.4, 0.5) is 4.79 Å². The molecule has 0 atom stereocenters. The van der Waals surface area contributed by atoms with Crippen LogP contribution in [0.3, 0.4) is 0 Å². The molecule has 0 unspecified atom stereocenters. The second-order valence-corrected chi connectivity index (χ2v) is 3.33. The number of nitrogens with one attached hydrogen (secondary N) is 1. The van der Waals surface area contributed by atoms with Crippen LogP contribution in [0.2, 0.25) is 0 Å². The van der Waals surface area contributed by atoms with Crippen molar-refractivity contribution in [2.24, 2.45) is 5.73 Å². The molecule has 0 fully saturated rings. The number of amides is 1. The lowest BCUT2D eigenvalue weighted by Gasteiger charge is -2.08. The number of ether oxygens (including phenoxy) is 2. The maximum absolute atomic E-state index is 11.4. The number of aromatic nitrogens is 1. The van der Waals surface area contributed by atoms with E-state index in [0.717, 1.165) is 0 Å². The normalized spacial score (nSPS) is 9.83. The summed E-state index contributed by atoms with van der Waals surface area (Å²) >= 11 is 0. The number of primary amides is 1. The van der Waals surface area contributed by atoms with E-state index in [1.165, 1.54) is 7.11 Å². The topological polar surface area (TPSA) is 104 Å². The zero-order chi connectivity index (χ0) is 13.4. The SMILES string of the molecule is COC(=O)c1cccnc1CNCCOC(N)=O. The van der Waals surface area contributed by atoms with Gasteiger partial charge in [-0.1, -0.05) is 0 Å². The molecule has 98 valence electrons. The van der Waals surface area contributed by atoms with Crippen molar-refractivity contribution in [2.45, 2.75) is 6.54 Å². The van der Waals surface area contributed by atoms with Crippen molar-refractivity contribution >= 4 is 12.1 Å². The van der Waals surface area contributed by atoms with Gasteiger partial charge in [0.2, 0.25) is 0 Å². The molecule has 1 aromatic rings. The number of pyridine rings is 1. The lowest BCUT2D eigenvalue weighted by Crippen LogP contribution is -2.24. The monoisotopic (exact) mass is 253 g/mol. The molecule has 0 saturated heterocycles. The van der Waals surface area contributed by atoms with Crippen molar-refractivity contribution in [1.29, 1.82) is 0 Å². The Labute approximate surface area is 104 Å². The first-order valence-electron chi connectivity index (χ1n) is 5.30. The van der Waals surface area contributed by atoms with Crippen molar-refractivity contribution < 1.29 is 19.1 Å². The molecule has 1 heterocycles. The molecule has 0 bridgehead atoms. The third-order valence-corrected chi connectivity index (χ3v) is 2.11. The van der Waals surface area contributed by atoms with Gasteiger partial charge in [0.05, 0.1) is 18.4 Å². The van der Waals surface area contributed by atoms with E-state index in [9.17, 15) is 9.59 Å². The summed E-state index contributed by atoms with van der Waals surface area (Å²) in [5.74, 6) is -0.437. The van der Waals surface area contributed by atoms with Gasteiger partial charge in [0.1, 0.15) is 6.61 Å². The van der Waals surface area contributed by atoms with E-state index in [0.29, 0.717) is 24.3 Å². The molecule has 0 aliphatic heterocycles. The Morgan fingerprint density at radius 1 is 1.50 bits per heavy atom. The summed E-state index contributed by atoms with van der Waals surface area (Å²) in [6.07, 6.45) is 0.772. The highest BCUT2D eigenvalue weighted by molar-refractivity contribution is 5.90. The van der Waals surface area contributed by atoms with Crippen LogP contribution in [0.5, 0.6) is 0 Å². The molecule has 18 heavy (non-hydrogen) atoms. The predicted molar refractivity (Wildman–Crippen MR) is 62.8 cm³/mol. The quantitative estimate of drug-likeness (QED) is 0.548. The highest BCUT2D eigenvalue weighted by Gasteiger charge is 2.11. The largest absolute Gasteiger partial charge is 0.465 e. The summed E-state index contributed by atoms with van der Waals surface area (Å²) in [5.41, 5.74) is 5.78. The molecule has 1 aromatic heterocycles. The van der Waals surface area contributed by atoms with Gasteiger partial charge in [-0.15, -0.1) is 0 Å². The second kappa shape index (κ2) is 7.23. The van der Waals surface area contributed by atoms with E-state index in [-0.39, 0.29) is 6.61 Å². The van der Waals surface area contributed by atoms with Gasteiger partial charge in [-0.05, 0) is 12.1 Å². The van der Waals surface area contributed by atoms with Crippen LogP contribution in [0, 0.1) is 0 Å². The number of methoxy groups -OCH3 is 1. The molecule has 0 spiro atoms. The highest BCUT2D eigenvalue weighted by atomic mass is 16.5. The Bertz CT molecular complexity index is 423. The fourth-order valence-electron chi connectivity index (χ4n) is 1.31. The maximum Gasteiger partial charge on any atom is 0.404 e. The number of nitrogens with two attached hydrogens (primary N) is 1. The number of carbonyl (C=O) groups excluding carboxylic acids is 2. The summed E-state index contributed by atoms with van der Waals surface area (Å²) < 4.78 is 9.19. The molecule has 3 N–H and O–H groups in total. The van der Waals surface area contributed by atoms with Crippen LogP contribution in [-0.4, -0.2) is 37.3 Å². The second-order valence-electron chi connectivity index (χ2n) is 3.33. The molecule has 7 nitrogen and oxygen atoms in total. The summed E-state index contributed by atoms with van der Waals surface area (Å²) in [6, 6.07) is 3.29. The third-order valence-electron chi connectivity index (χ3n) is 2.11. The first kappa shape index (κ1) is 13.9. The fraction of sp³-hybridized carbons (Fsp3) is 0.364. The molecule has 0 radical (unpaired) electrons. The Balaban J connectivity index is 2.46. The van der Waals surface area contributed by atoms with Crippen molar-refractivity contribution in [1.82, 2.24) is 10.3 Å². The highest BCUT2D eigenvalue weighted by Crippen LogP contribution is 2.06. The van der Waals surface area contributed by atoms with Gasteiger partial charge in [0.15, 0.2) is 0 Å². The lowest BCUT2D eigenvalue weighted by atomic mass is 10.2. The van der Waals surface area contributed by atoms with Crippen molar-refractivity contribution in [3.05, 3.63) is 29.6 Å². The molecular formula is C11H15N3O4. The summed E-state index contributed by atoms with van der Waals surface area (Å²) in [7, 11) is 1.31. The molecule has 0 aliphatic carbocycles. The standard InChI is InChI=1S/C11H15N3O4/c1-17-10(15)8-3-2-4-14-9(8)7-13-5-6-18-11(12)16/h2-4,13H,5-7H2,1H3,(H2,12,16). The van der Waals surface area contributed by atoms with E-state index in [1.807, 2.05) is 0 Å². The minimum Gasteiger partial charge on any atom is -0.465 e. The van der Waals surface area contributed by atoms with Crippen LogP contribution in [0.1, 0.15) is 16.1 Å². The van der Waals surface area contributed by atoms with Crippen molar-refractivity contribution in [2.75, 3.05) is 20.3 Å². The average molecular weight is 253 g/mol. The van der Waals surface area contributed by atoms with E-state index in [2.05, 4.69) is 19.8 Å². The Hall–Kier alpha value is -2.15. The first-order chi connectivity index (χ1) is 8.65. The van der Waals surface area contributed by atoms with E-state index < -0.39 is 12.1 Å². The minimum absolute atomic E-state index is 0.162. The van der Waals surface area contributed by atoms with Gasteiger partial charge in [-0.25, -0.2) is 9.59 Å². The van der Waals surface area contributed by atoms with Gasteiger partial charge >= 0.3 is 12.1 Å². The van der Waals surface area contributed by atoms with Crippen LogP contribution in [0.15, 0.2) is 18.3 Å². The first-order valence-corrected chi connectivity index (χ1v) is 5.30. The predicted octanol–water partition coefficient (Wildman–Crippen LogP) is 0.0531. The summed E-state index contributed by atoms with van der Waals surface area (Å²) in [5, 5.41) is 2.97. The van der Waals surface area contributed by atoms with Gasteiger partial charge in [-0.3, -0.25) is 4.98 Å².